The van der Waals surface area contributed by atoms with Gasteiger partial charge in [-0.25, -0.2) is 4.39 Å². The van der Waals surface area contributed by atoms with Crippen LogP contribution in [0.5, 0.6) is 5.75 Å². The smallest absolute Gasteiger partial charge is 0.416 e. The van der Waals surface area contributed by atoms with Crippen LogP contribution < -0.4 is 10.1 Å². The van der Waals surface area contributed by atoms with Gasteiger partial charge in [-0.1, -0.05) is 25.3 Å². The Morgan fingerprint density at radius 2 is 1.68 bits per heavy atom. The van der Waals surface area contributed by atoms with Gasteiger partial charge in [0.25, 0.3) is 0 Å². The molecular formula is C24H26F7NO2. The Hall–Kier alpha value is -2.49. The molecule has 0 heterocycles. The second-order valence-electron chi connectivity index (χ2n) is 8.56. The van der Waals surface area contributed by atoms with E-state index in [-0.39, 0.29) is 40.7 Å². The maximum atomic E-state index is 14.5. The van der Waals surface area contributed by atoms with Crippen molar-refractivity contribution >= 4 is 5.69 Å². The number of hydrogen-bond donors (Lipinski definition) is 2. The predicted octanol–water partition coefficient (Wildman–Crippen LogP) is 7.11. The van der Waals surface area contributed by atoms with E-state index in [0.717, 1.165) is 38.2 Å². The highest BCUT2D eigenvalue weighted by molar-refractivity contribution is 5.76. The summed E-state index contributed by atoms with van der Waals surface area (Å²) in [6.07, 6.45) is -7.09. The van der Waals surface area contributed by atoms with Gasteiger partial charge in [-0.05, 0) is 55.5 Å². The van der Waals surface area contributed by atoms with E-state index in [1.807, 2.05) is 0 Å². The van der Waals surface area contributed by atoms with E-state index >= 15 is 0 Å². The monoisotopic (exact) mass is 493 g/mol. The van der Waals surface area contributed by atoms with Crippen LogP contribution >= 0.6 is 0 Å². The highest BCUT2D eigenvalue weighted by Gasteiger charge is 2.38. The zero-order chi connectivity index (χ0) is 25.1. The zero-order valence-electron chi connectivity index (χ0n) is 18.5. The van der Waals surface area contributed by atoms with Crippen molar-refractivity contribution in [2.45, 2.75) is 57.5 Å². The van der Waals surface area contributed by atoms with Crippen LogP contribution in [0.4, 0.5) is 36.4 Å². The summed E-state index contributed by atoms with van der Waals surface area (Å²) in [6, 6.07) is 4.71. The Balaban J connectivity index is 1.97. The average Bonchev–Trinajstić information content (AvgIpc) is 2.76. The summed E-state index contributed by atoms with van der Waals surface area (Å²) in [5.41, 5.74) is -0.780. The molecule has 188 valence electrons. The molecule has 0 aliphatic heterocycles. The third-order valence-corrected chi connectivity index (χ3v) is 6.04. The van der Waals surface area contributed by atoms with Crippen LogP contribution in [-0.2, 0) is 6.18 Å². The van der Waals surface area contributed by atoms with E-state index in [1.165, 1.54) is 19.1 Å². The summed E-state index contributed by atoms with van der Waals surface area (Å²) >= 11 is 0. The summed E-state index contributed by atoms with van der Waals surface area (Å²) in [5.74, 6) is -0.521. The first-order chi connectivity index (χ1) is 15.9. The highest BCUT2D eigenvalue weighted by atomic mass is 19.4. The number of halogens is 7. The molecule has 3 rings (SSSR count). The minimum absolute atomic E-state index is 0.120. The third kappa shape index (κ3) is 6.34. The third-order valence-electron chi connectivity index (χ3n) is 6.04. The average molecular weight is 493 g/mol. The molecule has 1 fully saturated rings. The first-order valence-corrected chi connectivity index (χ1v) is 11.0. The van der Waals surface area contributed by atoms with Crippen molar-refractivity contribution in [3.05, 3.63) is 47.3 Å². The van der Waals surface area contributed by atoms with Gasteiger partial charge in [-0.3, -0.25) is 0 Å². The van der Waals surface area contributed by atoms with E-state index in [1.54, 1.807) is 0 Å². The number of aliphatic hydroxyl groups is 1. The summed E-state index contributed by atoms with van der Waals surface area (Å²) in [4.78, 5) is 0. The largest absolute Gasteiger partial charge is 0.491 e. The SMILES string of the molecule is Cc1c(-c2cc(C(F)(F)F)ccc2F)ccc(NCC(O)C(F)(F)F)c1OCC1CCCCC1. The van der Waals surface area contributed by atoms with Gasteiger partial charge >= 0.3 is 12.4 Å². The van der Waals surface area contributed by atoms with Crippen LogP contribution in [0.3, 0.4) is 0 Å². The van der Waals surface area contributed by atoms with Gasteiger partial charge in [0.1, 0.15) is 11.6 Å². The molecule has 3 nitrogen and oxygen atoms in total. The number of alkyl halides is 6. The molecule has 1 aliphatic carbocycles. The van der Waals surface area contributed by atoms with Crippen LogP contribution in [0.15, 0.2) is 30.3 Å². The highest BCUT2D eigenvalue weighted by Crippen LogP contribution is 2.40. The Bertz CT molecular complexity index is 983. The van der Waals surface area contributed by atoms with E-state index in [9.17, 15) is 35.8 Å². The second kappa shape index (κ2) is 10.4. The van der Waals surface area contributed by atoms with Gasteiger partial charge in [0.05, 0.1) is 17.9 Å². The molecule has 2 aromatic carbocycles. The number of hydrogen-bond acceptors (Lipinski definition) is 3. The predicted molar refractivity (Wildman–Crippen MR) is 114 cm³/mol. The van der Waals surface area contributed by atoms with Gasteiger partial charge in [-0.15, -0.1) is 0 Å². The normalized spacial score (nSPS) is 16.4. The molecule has 1 atom stereocenters. The van der Waals surface area contributed by atoms with E-state index in [0.29, 0.717) is 12.1 Å². The van der Waals surface area contributed by atoms with Gasteiger partial charge < -0.3 is 15.2 Å². The first kappa shape index (κ1) is 26.1. The minimum Gasteiger partial charge on any atom is -0.491 e. The van der Waals surface area contributed by atoms with Crippen molar-refractivity contribution in [2.75, 3.05) is 18.5 Å². The molecule has 1 aliphatic rings. The Kier molecular flexibility index (Phi) is 8.00. The Morgan fingerprint density at radius 1 is 1.00 bits per heavy atom. The topological polar surface area (TPSA) is 41.5 Å². The maximum absolute atomic E-state index is 14.5. The first-order valence-electron chi connectivity index (χ1n) is 11.0. The number of benzene rings is 2. The number of anilines is 1. The summed E-state index contributed by atoms with van der Waals surface area (Å²) in [6.45, 7) is 0.933. The van der Waals surface area contributed by atoms with Crippen molar-refractivity contribution < 1.29 is 40.6 Å². The Morgan fingerprint density at radius 3 is 2.29 bits per heavy atom. The molecule has 1 saturated carbocycles. The molecule has 0 bridgehead atoms. The molecule has 0 radical (unpaired) electrons. The van der Waals surface area contributed by atoms with E-state index < -0.39 is 36.4 Å². The van der Waals surface area contributed by atoms with Crippen molar-refractivity contribution in [2.24, 2.45) is 5.92 Å². The van der Waals surface area contributed by atoms with Crippen LogP contribution in [-0.4, -0.2) is 30.5 Å². The van der Waals surface area contributed by atoms with Crippen molar-refractivity contribution in [3.8, 4) is 16.9 Å². The Labute approximate surface area is 192 Å². The van der Waals surface area contributed by atoms with Crippen LogP contribution in [0.25, 0.3) is 11.1 Å². The quantitative estimate of drug-likeness (QED) is 0.404. The minimum atomic E-state index is -4.83. The van der Waals surface area contributed by atoms with Crippen LogP contribution in [0.1, 0.15) is 43.2 Å². The number of aliphatic hydroxyl groups excluding tert-OH is 1. The second-order valence-corrected chi connectivity index (χ2v) is 8.56. The van der Waals surface area contributed by atoms with Crippen molar-refractivity contribution in [1.82, 2.24) is 0 Å². The molecule has 0 saturated heterocycles. The van der Waals surface area contributed by atoms with Gasteiger partial charge in [0.2, 0.25) is 0 Å². The summed E-state index contributed by atoms with van der Waals surface area (Å²) in [7, 11) is 0. The zero-order valence-corrected chi connectivity index (χ0v) is 18.5. The molecule has 2 N–H and O–H groups in total. The number of nitrogens with one attached hydrogen (secondary N) is 1. The molecule has 10 heteroatoms. The summed E-state index contributed by atoms with van der Waals surface area (Å²) in [5, 5.41) is 11.8. The lowest BCUT2D eigenvalue weighted by Crippen LogP contribution is -2.35. The molecule has 0 aromatic heterocycles. The van der Waals surface area contributed by atoms with Gasteiger partial charge in [-0.2, -0.15) is 26.3 Å². The fourth-order valence-electron chi connectivity index (χ4n) is 4.09. The fourth-order valence-corrected chi connectivity index (χ4v) is 4.09. The fraction of sp³-hybridized carbons (Fsp3) is 0.500. The molecule has 0 spiro atoms. The van der Waals surface area contributed by atoms with Crippen molar-refractivity contribution in [1.29, 1.82) is 0 Å². The van der Waals surface area contributed by atoms with E-state index in [4.69, 9.17) is 4.74 Å². The van der Waals surface area contributed by atoms with Crippen molar-refractivity contribution in [3.63, 3.8) is 0 Å². The molecule has 34 heavy (non-hydrogen) atoms. The standard InChI is InChI=1S/C24H26F7NO2/c1-14-17(18-11-16(23(26,27)28)7-9-19(18)25)8-10-20(32-12-21(33)24(29,30)31)22(14)34-13-15-5-3-2-4-6-15/h7-11,15,21,32-33H,2-6,12-13H2,1H3. The number of ether oxygens (including phenoxy) is 1. The van der Waals surface area contributed by atoms with Gasteiger partial charge in [0.15, 0.2) is 6.10 Å². The molecule has 2 aromatic rings. The van der Waals surface area contributed by atoms with E-state index in [2.05, 4.69) is 5.32 Å². The lowest BCUT2D eigenvalue weighted by atomic mass is 9.90. The maximum Gasteiger partial charge on any atom is 0.416 e. The number of rotatable bonds is 7. The van der Waals surface area contributed by atoms with Gasteiger partial charge in [0, 0.05) is 17.7 Å². The lowest BCUT2D eigenvalue weighted by Gasteiger charge is -2.25. The lowest BCUT2D eigenvalue weighted by molar-refractivity contribution is -0.198. The molecule has 1 unspecified atom stereocenters. The van der Waals surface area contributed by atoms with Crippen LogP contribution in [0, 0.1) is 18.7 Å². The van der Waals surface area contributed by atoms with Crippen LogP contribution in [0.2, 0.25) is 0 Å². The molecular weight excluding hydrogens is 467 g/mol. The molecule has 0 amide bonds. The summed E-state index contributed by atoms with van der Waals surface area (Å²) < 4.78 is 98.2.